The molecule has 4 N–H and O–H groups in total. The second kappa shape index (κ2) is 27.4. The smallest absolute Gasteiger partial charge is 0.317 e. The predicted octanol–water partition coefficient (Wildman–Crippen LogP) is 4.55. The highest BCUT2D eigenvalue weighted by Gasteiger charge is 2.39. The van der Waals surface area contributed by atoms with Crippen LogP contribution in [0.3, 0.4) is 0 Å². The molecule has 3 aromatic carbocycles. The van der Waals surface area contributed by atoms with Crippen LogP contribution >= 0.6 is 23.2 Å². The standard InChI is InChI=1S/C53H69Cl2N9O12/c1-5-59-11-13-60(15-16-62(33-49(69)70)18-17-61(14-12-59)32-48(67)68)31-47(66)56-10-21-74-24-23-73-20-9-46(65)57-39-8-6-7-36(25-39)41-29-42-45(30-44(41)72-4)76-34-43-50(52(71)63-19-22-75-35-53(63,2)3)58-64(51(42)43)40-27-37(54)26-38(55)28-40/h6-8,25-30H,5,9-24,31-35H2,1-4H3,(H,56,66)(H,57,65)(H,67,68)(H,69,70). The molecule has 412 valence electrons. The molecule has 0 spiro atoms. The maximum absolute atomic E-state index is 14.4. The van der Waals surface area contributed by atoms with Crippen LogP contribution in [0, 0.1) is 0 Å². The first-order chi connectivity index (χ1) is 36.5. The van der Waals surface area contributed by atoms with E-state index in [1.807, 2.05) is 54.8 Å². The fraction of sp³-hybridized carbons (Fsp3) is 0.509. The number of benzene rings is 3. The Hall–Kier alpha value is -5.88. The highest BCUT2D eigenvalue weighted by Crippen LogP contribution is 2.47. The number of aromatic nitrogens is 2. The van der Waals surface area contributed by atoms with Crippen LogP contribution in [0.25, 0.3) is 28.1 Å². The van der Waals surface area contributed by atoms with Gasteiger partial charge in [0.2, 0.25) is 11.8 Å². The molecule has 2 fully saturated rings. The molecule has 21 nitrogen and oxygen atoms in total. The molecular weight excluding hydrogens is 1030 g/mol. The lowest BCUT2D eigenvalue weighted by atomic mass is 9.95. The maximum Gasteiger partial charge on any atom is 0.317 e. The van der Waals surface area contributed by atoms with Crippen LogP contribution in [0.4, 0.5) is 5.69 Å². The van der Waals surface area contributed by atoms with Gasteiger partial charge in [-0.1, -0.05) is 42.3 Å². The number of halogens is 2. The molecule has 4 heterocycles. The Balaban J connectivity index is 0.899. The van der Waals surface area contributed by atoms with Gasteiger partial charge in [0.05, 0.1) is 89.7 Å². The van der Waals surface area contributed by atoms with Gasteiger partial charge in [-0.15, -0.1) is 0 Å². The number of amides is 3. The number of morpholine rings is 1. The monoisotopic (exact) mass is 1090 g/mol. The second-order valence-electron chi connectivity index (χ2n) is 19.4. The molecule has 0 bridgehead atoms. The van der Waals surface area contributed by atoms with Gasteiger partial charge >= 0.3 is 11.9 Å². The van der Waals surface area contributed by atoms with Crippen LogP contribution in [-0.4, -0.2) is 218 Å². The van der Waals surface area contributed by atoms with Crippen LogP contribution in [0.15, 0.2) is 54.6 Å². The van der Waals surface area contributed by atoms with Crippen molar-refractivity contribution in [2.75, 3.05) is 144 Å². The minimum absolute atomic E-state index is 0.0744. The van der Waals surface area contributed by atoms with E-state index in [4.69, 9.17) is 52.0 Å². The van der Waals surface area contributed by atoms with Crippen molar-refractivity contribution >= 4 is 58.5 Å². The van der Waals surface area contributed by atoms with Crippen molar-refractivity contribution in [1.29, 1.82) is 0 Å². The van der Waals surface area contributed by atoms with Gasteiger partial charge in [-0.25, -0.2) is 4.68 Å². The molecule has 3 aliphatic heterocycles. The summed E-state index contributed by atoms with van der Waals surface area (Å²) in [6.45, 7) is 13.2. The molecule has 0 atom stereocenters. The van der Waals surface area contributed by atoms with Gasteiger partial charge in [0, 0.05) is 104 Å². The Kier molecular flexibility index (Phi) is 20.9. The van der Waals surface area contributed by atoms with Crippen molar-refractivity contribution in [2.45, 2.75) is 39.3 Å². The topological polar surface area (TPSA) is 230 Å². The highest BCUT2D eigenvalue weighted by molar-refractivity contribution is 6.34. The van der Waals surface area contributed by atoms with E-state index in [0.29, 0.717) is 127 Å². The Morgan fingerprint density at radius 3 is 2.00 bits per heavy atom. The van der Waals surface area contributed by atoms with E-state index in [0.717, 1.165) is 12.1 Å². The third-order valence-corrected chi connectivity index (χ3v) is 13.9. The zero-order chi connectivity index (χ0) is 54.4. The van der Waals surface area contributed by atoms with Crippen molar-refractivity contribution in [3.63, 3.8) is 0 Å². The number of likely N-dealkylation sites (N-methyl/N-ethyl adjacent to an activating group) is 1. The van der Waals surface area contributed by atoms with Crippen LogP contribution in [-0.2, 0) is 40.0 Å². The number of anilines is 1. The number of carboxylic acids is 2. The van der Waals surface area contributed by atoms with Crippen molar-refractivity contribution in [1.82, 2.24) is 39.6 Å². The summed E-state index contributed by atoms with van der Waals surface area (Å²) in [6.07, 6.45) is 0.0898. The molecule has 0 radical (unpaired) electrons. The van der Waals surface area contributed by atoms with Crippen molar-refractivity contribution in [2.24, 2.45) is 0 Å². The van der Waals surface area contributed by atoms with E-state index >= 15 is 0 Å². The largest absolute Gasteiger partial charge is 0.496 e. The van der Waals surface area contributed by atoms with Crippen molar-refractivity contribution < 1.29 is 57.9 Å². The van der Waals surface area contributed by atoms with Gasteiger partial charge in [-0.3, -0.25) is 38.7 Å². The van der Waals surface area contributed by atoms with E-state index in [1.165, 1.54) is 0 Å². The Labute approximate surface area is 452 Å². The van der Waals surface area contributed by atoms with E-state index in [2.05, 4.69) is 15.5 Å². The van der Waals surface area contributed by atoms with Gasteiger partial charge in [0.1, 0.15) is 18.1 Å². The van der Waals surface area contributed by atoms with Gasteiger partial charge in [-0.2, -0.15) is 5.10 Å². The number of rotatable bonds is 21. The molecule has 2 saturated heterocycles. The summed E-state index contributed by atoms with van der Waals surface area (Å²) >= 11 is 13.0. The maximum atomic E-state index is 14.4. The molecular formula is C53H69Cl2N9O12. The molecule has 0 unspecified atom stereocenters. The highest BCUT2D eigenvalue weighted by atomic mass is 35.5. The molecule has 76 heavy (non-hydrogen) atoms. The lowest BCUT2D eigenvalue weighted by Gasteiger charge is -2.41. The number of methoxy groups -OCH3 is 1. The molecule has 0 aliphatic carbocycles. The number of hydrogen-bond acceptors (Lipinski definition) is 15. The number of nitrogens with one attached hydrogen (secondary N) is 2. The first-order valence-corrected chi connectivity index (χ1v) is 26.3. The molecule has 1 aromatic heterocycles. The van der Waals surface area contributed by atoms with Crippen LogP contribution in [0.5, 0.6) is 11.5 Å². The number of fused-ring (bicyclic) bond motifs is 3. The van der Waals surface area contributed by atoms with Gasteiger partial charge in [0.25, 0.3) is 5.91 Å². The van der Waals surface area contributed by atoms with Crippen LogP contribution in [0.1, 0.15) is 43.2 Å². The molecule has 4 aromatic rings. The lowest BCUT2D eigenvalue weighted by molar-refractivity contribution is -0.140. The van der Waals surface area contributed by atoms with E-state index in [-0.39, 0.29) is 89.0 Å². The van der Waals surface area contributed by atoms with E-state index in [9.17, 15) is 34.2 Å². The third-order valence-electron chi connectivity index (χ3n) is 13.4. The van der Waals surface area contributed by atoms with E-state index in [1.54, 1.807) is 51.9 Å². The fourth-order valence-corrected chi connectivity index (χ4v) is 9.92. The average Bonchev–Trinajstić information content (AvgIpc) is 3.82. The first kappa shape index (κ1) is 57.8. The van der Waals surface area contributed by atoms with Crippen LogP contribution in [0.2, 0.25) is 10.0 Å². The molecule has 3 aliphatic rings. The number of aliphatic carboxylic acids is 2. The summed E-state index contributed by atoms with van der Waals surface area (Å²) in [4.78, 5) is 73.2. The molecule has 0 saturated carbocycles. The summed E-state index contributed by atoms with van der Waals surface area (Å²) < 4.78 is 31.0. The Morgan fingerprint density at radius 2 is 1.38 bits per heavy atom. The summed E-state index contributed by atoms with van der Waals surface area (Å²) in [5.41, 5.74) is 4.14. The van der Waals surface area contributed by atoms with Gasteiger partial charge in [-0.05, 0) is 62.4 Å². The SMILES string of the molecule is CCN1CCN(CC(=O)O)CCN(CC(=O)O)CCN(CC(=O)NCCOCCOCCC(=O)Nc2cccc(-c3cc4c(cc3OC)OCc3c(C(=O)N5CCOCC5(C)C)nn(-c5cc(Cl)cc(Cl)c5)c3-4)c2)CC1. The van der Waals surface area contributed by atoms with Crippen LogP contribution < -0.4 is 20.1 Å². The van der Waals surface area contributed by atoms with E-state index < -0.39 is 17.5 Å². The second-order valence-corrected chi connectivity index (χ2v) is 20.3. The minimum Gasteiger partial charge on any atom is -0.496 e. The lowest BCUT2D eigenvalue weighted by Crippen LogP contribution is -2.55. The Bertz CT molecular complexity index is 2670. The number of hydrogen-bond donors (Lipinski definition) is 4. The zero-order valence-corrected chi connectivity index (χ0v) is 45.1. The summed E-state index contributed by atoms with van der Waals surface area (Å²) in [5.74, 6) is -1.52. The van der Waals surface area contributed by atoms with Crippen molar-refractivity contribution in [3.05, 3.63) is 75.9 Å². The predicted molar refractivity (Wildman–Crippen MR) is 286 cm³/mol. The molecule has 3 amide bonds. The quantitative estimate of drug-likeness (QED) is 0.0839. The van der Waals surface area contributed by atoms with Gasteiger partial charge in [0.15, 0.2) is 5.69 Å². The molecule has 23 heteroatoms. The molecule has 7 rings (SSSR count). The first-order valence-electron chi connectivity index (χ1n) is 25.5. The summed E-state index contributed by atoms with van der Waals surface area (Å²) in [6, 6.07) is 16.2. The average molecular weight is 1100 g/mol. The third kappa shape index (κ3) is 15.9. The zero-order valence-electron chi connectivity index (χ0n) is 43.6. The normalized spacial score (nSPS) is 16.8. The number of carbonyl (C=O) groups excluding carboxylic acids is 3. The summed E-state index contributed by atoms with van der Waals surface area (Å²) in [7, 11) is 1.57. The number of carbonyl (C=O) groups is 5. The van der Waals surface area contributed by atoms with Gasteiger partial charge < -0.3 is 54.3 Å². The Morgan fingerprint density at radius 1 is 0.750 bits per heavy atom. The number of nitrogens with zero attached hydrogens (tertiary/aromatic N) is 7. The van der Waals surface area contributed by atoms with Crippen molar-refractivity contribution in [3.8, 4) is 39.6 Å². The summed E-state index contributed by atoms with van der Waals surface area (Å²) in [5, 5.41) is 30.5. The minimum atomic E-state index is -0.969. The fourth-order valence-electron chi connectivity index (χ4n) is 9.40. The number of ether oxygens (including phenoxy) is 5. The number of carboxylic acid groups (broad SMARTS) is 2.